The van der Waals surface area contributed by atoms with E-state index in [4.69, 9.17) is 5.84 Å². The predicted molar refractivity (Wildman–Crippen MR) is 69.3 cm³/mol. The molecule has 0 saturated heterocycles. The number of carbonyl (C=O) groups excluding carboxylic acids is 1. The average Bonchev–Trinajstić information content (AvgIpc) is 2.43. The minimum absolute atomic E-state index is 0.149. The Bertz CT molecular complexity index is 596. The second-order valence-corrected chi connectivity index (χ2v) is 3.84. The van der Waals surface area contributed by atoms with E-state index >= 15 is 0 Å². The summed E-state index contributed by atoms with van der Waals surface area (Å²) in [5.41, 5.74) is 4.70. The molecule has 0 atom stereocenters. The van der Waals surface area contributed by atoms with Gasteiger partial charge in [-0.25, -0.2) is 9.97 Å². The van der Waals surface area contributed by atoms with E-state index in [2.05, 4.69) is 30.9 Å². The summed E-state index contributed by atoms with van der Waals surface area (Å²) in [4.78, 5) is 19.9. The maximum Gasteiger partial charge on any atom is 0.276 e. The van der Waals surface area contributed by atoms with Crippen LogP contribution < -0.4 is 16.6 Å². The van der Waals surface area contributed by atoms with E-state index in [1.54, 1.807) is 26.0 Å². The number of rotatable bonds is 3. The molecule has 98 valence electrons. The SMILES string of the molecule is Cc1nnc(NC(=O)c2ccc(NN)cn2)nc1C. The number of nitrogens with zero attached hydrogens (tertiary/aromatic N) is 4. The topological polar surface area (TPSA) is 119 Å². The zero-order valence-electron chi connectivity index (χ0n) is 10.5. The van der Waals surface area contributed by atoms with Crippen molar-refractivity contribution in [3.8, 4) is 0 Å². The number of aryl methyl sites for hydroxylation is 2. The number of nitrogens with two attached hydrogens (primary N) is 1. The number of hydrogen-bond donors (Lipinski definition) is 3. The number of nitrogens with one attached hydrogen (secondary N) is 2. The number of aromatic nitrogens is 4. The first kappa shape index (κ1) is 12.8. The second kappa shape index (κ2) is 5.36. The Balaban J connectivity index is 2.13. The molecular formula is C11H13N7O. The van der Waals surface area contributed by atoms with Crippen LogP contribution in [0.15, 0.2) is 18.3 Å². The summed E-state index contributed by atoms with van der Waals surface area (Å²) in [6.45, 7) is 3.58. The van der Waals surface area contributed by atoms with Gasteiger partial charge in [0.2, 0.25) is 5.95 Å². The third kappa shape index (κ3) is 2.99. The highest BCUT2D eigenvalue weighted by Crippen LogP contribution is 2.07. The van der Waals surface area contributed by atoms with Crippen LogP contribution in [0.25, 0.3) is 0 Å². The number of anilines is 2. The number of hydrazine groups is 1. The van der Waals surface area contributed by atoms with Crippen LogP contribution in [-0.2, 0) is 0 Å². The minimum atomic E-state index is -0.409. The predicted octanol–water partition coefficient (Wildman–Crippen LogP) is 0.421. The molecule has 0 aromatic carbocycles. The van der Waals surface area contributed by atoms with E-state index in [1.165, 1.54) is 6.20 Å². The van der Waals surface area contributed by atoms with Crippen LogP contribution in [-0.4, -0.2) is 26.1 Å². The van der Waals surface area contributed by atoms with Gasteiger partial charge in [-0.1, -0.05) is 0 Å². The fourth-order valence-electron chi connectivity index (χ4n) is 1.29. The fourth-order valence-corrected chi connectivity index (χ4v) is 1.29. The monoisotopic (exact) mass is 259 g/mol. The van der Waals surface area contributed by atoms with Crippen molar-refractivity contribution in [1.82, 2.24) is 20.2 Å². The molecule has 19 heavy (non-hydrogen) atoms. The summed E-state index contributed by atoms with van der Waals surface area (Å²) < 4.78 is 0. The highest BCUT2D eigenvalue weighted by atomic mass is 16.2. The van der Waals surface area contributed by atoms with Gasteiger partial charge in [0.15, 0.2) is 0 Å². The zero-order chi connectivity index (χ0) is 13.8. The fraction of sp³-hybridized carbons (Fsp3) is 0.182. The van der Waals surface area contributed by atoms with Crippen molar-refractivity contribution in [2.75, 3.05) is 10.7 Å². The van der Waals surface area contributed by atoms with Gasteiger partial charge in [-0.05, 0) is 26.0 Å². The van der Waals surface area contributed by atoms with Gasteiger partial charge in [0, 0.05) is 0 Å². The highest BCUT2D eigenvalue weighted by Gasteiger charge is 2.10. The van der Waals surface area contributed by atoms with E-state index < -0.39 is 5.91 Å². The normalized spacial score (nSPS) is 10.1. The zero-order valence-corrected chi connectivity index (χ0v) is 10.5. The molecular weight excluding hydrogens is 246 g/mol. The van der Waals surface area contributed by atoms with Crippen LogP contribution in [0.1, 0.15) is 21.9 Å². The molecule has 8 nitrogen and oxygen atoms in total. The smallest absolute Gasteiger partial charge is 0.276 e. The Hall–Kier alpha value is -2.61. The molecule has 0 bridgehead atoms. The molecule has 2 aromatic rings. The lowest BCUT2D eigenvalue weighted by molar-refractivity contribution is 0.102. The third-order valence-corrected chi connectivity index (χ3v) is 2.48. The first-order valence-electron chi connectivity index (χ1n) is 5.52. The van der Waals surface area contributed by atoms with E-state index in [0.29, 0.717) is 11.4 Å². The molecule has 0 aliphatic rings. The average molecular weight is 259 g/mol. The van der Waals surface area contributed by atoms with Gasteiger partial charge in [0.1, 0.15) is 5.69 Å². The molecule has 1 amide bonds. The van der Waals surface area contributed by atoms with Gasteiger partial charge >= 0.3 is 0 Å². The van der Waals surface area contributed by atoms with Crippen molar-refractivity contribution in [2.24, 2.45) is 5.84 Å². The van der Waals surface area contributed by atoms with E-state index in [1.807, 2.05) is 0 Å². The molecule has 0 unspecified atom stereocenters. The van der Waals surface area contributed by atoms with Crippen LogP contribution in [0, 0.1) is 13.8 Å². The van der Waals surface area contributed by atoms with E-state index in [-0.39, 0.29) is 11.6 Å². The Labute approximate surface area is 109 Å². The quantitative estimate of drug-likeness (QED) is 0.540. The Morgan fingerprint density at radius 2 is 2.00 bits per heavy atom. The van der Waals surface area contributed by atoms with Crippen LogP contribution >= 0.6 is 0 Å². The lowest BCUT2D eigenvalue weighted by atomic mass is 10.3. The lowest BCUT2D eigenvalue weighted by Gasteiger charge is -2.05. The van der Waals surface area contributed by atoms with Gasteiger partial charge in [-0.2, -0.15) is 5.10 Å². The van der Waals surface area contributed by atoms with Crippen molar-refractivity contribution in [2.45, 2.75) is 13.8 Å². The molecule has 4 N–H and O–H groups in total. The summed E-state index contributed by atoms with van der Waals surface area (Å²) in [7, 11) is 0. The van der Waals surface area contributed by atoms with E-state index in [0.717, 1.165) is 5.69 Å². The number of amides is 1. The highest BCUT2D eigenvalue weighted by molar-refractivity contribution is 6.01. The summed E-state index contributed by atoms with van der Waals surface area (Å²) >= 11 is 0. The van der Waals surface area contributed by atoms with Crippen molar-refractivity contribution in [1.29, 1.82) is 0 Å². The number of hydrogen-bond acceptors (Lipinski definition) is 7. The van der Waals surface area contributed by atoms with Gasteiger partial charge in [-0.15, -0.1) is 5.10 Å². The molecule has 2 heterocycles. The molecule has 8 heteroatoms. The maximum atomic E-state index is 11.9. The lowest BCUT2D eigenvalue weighted by Crippen LogP contribution is -2.17. The van der Waals surface area contributed by atoms with Crippen LogP contribution in [0.5, 0.6) is 0 Å². The molecule has 0 fully saturated rings. The molecule has 0 spiro atoms. The van der Waals surface area contributed by atoms with Crippen LogP contribution in [0.3, 0.4) is 0 Å². The second-order valence-electron chi connectivity index (χ2n) is 3.84. The Morgan fingerprint density at radius 3 is 2.58 bits per heavy atom. The first-order valence-corrected chi connectivity index (χ1v) is 5.52. The number of carbonyl (C=O) groups is 1. The Kier molecular flexibility index (Phi) is 3.62. The molecule has 2 rings (SSSR count). The standard InChI is InChI=1S/C11H13N7O/c1-6-7(2)17-18-11(14-6)15-10(19)9-4-3-8(16-12)5-13-9/h3-5,16H,12H2,1-2H3,(H,14,15,18,19). The molecule has 0 saturated carbocycles. The van der Waals surface area contributed by atoms with Gasteiger partial charge in [-0.3, -0.25) is 16.0 Å². The van der Waals surface area contributed by atoms with Crippen LogP contribution in [0.2, 0.25) is 0 Å². The summed E-state index contributed by atoms with van der Waals surface area (Å²) in [6, 6.07) is 3.18. The Morgan fingerprint density at radius 1 is 1.21 bits per heavy atom. The number of pyridine rings is 1. The maximum absolute atomic E-state index is 11.9. The minimum Gasteiger partial charge on any atom is -0.323 e. The summed E-state index contributed by atoms with van der Waals surface area (Å²) in [5.74, 6) is 4.95. The van der Waals surface area contributed by atoms with Crippen molar-refractivity contribution < 1.29 is 4.79 Å². The van der Waals surface area contributed by atoms with Gasteiger partial charge in [0.25, 0.3) is 5.91 Å². The molecule has 0 aliphatic heterocycles. The summed E-state index contributed by atoms with van der Waals surface area (Å²) in [6.07, 6.45) is 1.45. The third-order valence-electron chi connectivity index (χ3n) is 2.48. The molecule has 0 radical (unpaired) electrons. The van der Waals surface area contributed by atoms with Crippen molar-refractivity contribution in [3.05, 3.63) is 35.4 Å². The number of nitrogen functional groups attached to an aromatic ring is 1. The van der Waals surface area contributed by atoms with E-state index in [9.17, 15) is 4.79 Å². The van der Waals surface area contributed by atoms with Gasteiger partial charge in [0.05, 0.1) is 23.3 Å². The van der Waals surface area contributed by atoms with Crippen molar-refractivity contribution in [3.63, 3.8) is 0 Å². The first-order chi connectivity index (χ1) is 9.10. The molecule has 2 aromatic heterocycles. The largest absolute Gasteiger partial charge is 0.323 e. The summed E-state index contributed by atoms with van der Waals surface area (Å²) in [5, 5.41) is 10.2. The van der Waals surface area contributed by atoms with Crippen LogP contribution in [0.4, 0.5) is 11.6 Å². The van der Waals surface area contributed by atoms with Crippen molar-refractivity contribution >= 4 is 17.5 Å². The molecule has 0 aliphatic carbocycles. The van der Waals surface area contributed by atoms with Gasteiger partial charge < -0.3 is 5.43 Å².